The monoisotopic (exact) mass is 351 g/mol. The molecule has 0 bridgehead atoms. The van der Waals surface area contributed by atoms with E-state index < -0.39 is 5.91 Å². The van der Waals surface area contributed by atoms with E-state index in [1.807, 2.05) is 69.5 Å². The van der Waals surface area contributed by atoms with Crippen molar-refractivity contribution in [2.75, 3.05) is 16.9 Å². The number of rotatable bonds is 5. The van der Waals surface area contributed by atoms with Gasteiger partial charge in [-0.15, -0.1) is 11.8 Å². The summed E-state index contributed by atoms with van der Waals surface area (Å²) in [7, 11) is 0. The largest absolute Gasteiger partial charge is 0.360 e. The number of aryl methyl sites for hydroxylation is 3. The summed E-state index contributed by atoms with van der Waals surface area (Å²) in [5.41, 5.74) is 4.69. The molecule has 5 heteroatoms. The van der Waals surface area contributed by atoms with Gasteiger partial charge in [-0.2, -0.15) is 5.26 Å². The molecule has 0 unspecified atom stereocenters. The van der Waals surface area contributed by atoms with Crippen molar-refractivity contribution in [3.8, 4) is 6.07 Å². The molecule has 0 fully saturated rings. The summed E-state index contributed by atoms with van der Waals surface area (Å²) in [6.07, 6.45) is 3.43. The molecule has 0 aliphatic heterocycles. The van der Waals surface area contributed by atoms with Crippen LogP contribution in [0.3, 0.4) is 0 Å². The fraction of sp³-hybridized carbons (Fsp3) is 0.200. The van der Waals surface area contributed by atoms with Crippen molar-refractivity contribution in [2.45, 2.75) is 25.7 Å². The maximum Gasteiger partial charge on any atom is 0.267 e. The number of amides is 1. The Hall–Kier alpha value is -2.71. The Labute approximate surface area is 152 Å². The highest BCUT2D eigenvalue weighted by Gasteiger charge is 2.12. The Morgan fingerprint density at radius 3 is 2.44 bits per heavy atom. The summed E-state index contributed by atoms with van der Waals surface area (Å²) >= 11 is 1.63. The van der Waals surface area contributed by atoms with Crippen molar-refractivity contribution in [3.63, 3.8) is 0 Å². The molecule has 0 aliphatic rings. The van der Waals surface area contributed by atoms with Gasteiger partial charge in [-0.25, -0.2) is 0 Å². The molecule has 0 atom stereocenters. The van der Waals surface area contributed by atoms with Crippen LogP contribution in [0.15, 0.2) is 53.1 Å². The number of nitriles is 1. The summed E-state index contributed by atoms with van der Waals surface area (Å²) < 4.78 is 0. The normalized spacial score (nSPS) is 10.9. The van der Waals surface area contributed by atoms with E-state index in [1.54, 1.807) is 11.8 Å². The average molecular weight is 351 g/mol. The van der Waals surface area contributed by atoms with Crippen molar-refractivity contribution >= 4 is 29.0 Å². The fourth-order valence-electron chi connectivity index (χ4n) is 2.58. The van der Waals surface area contributed by atoms with Crippen LogP contribution in [-0.2, 0) is 4.79 Å². The van der Waals surface area contributed by atoms with Crippen LogP contribution in [0.4, 0.5) is 11.4 Å². The van der Waals surface area contributed by atoms with E-state index in [0.717, 1.165) is 33.0 Å². The molecule has 2 aromatic rings. The van der Waals surface area contributed by atoms with Gasteiger partial charge in [0.2, 0.25) is 0 Å². The predicted molar refractivity (Wildman–Crippen MR) is 105 cm³/mol. The molecule has 25 heavy (non-hydrogen) atoms. The van der Waals surface area contributed by atoms with Crippen LogP contribution < -0.4 is 10.6 Å². The first-order chi connectivity index (χ1) is 11.9. The zero-order valence-corrected chi connectivity index (χ0v) is 15.6. The Bertz CT molecular complexity index is 842. The highest BCUT2D eigenvalue weighted by molar-refractivity contribution is 7.98. The van der Waals surface area contributed by atoms with E-state index in [1.165, 1.54) is 6.20 Å². The van der Waals surface area contributed by atoms with Crippen LogP contribution in [-0.4, -0.2) is 12.2 Å². The number of nitrogens with one attached hydrogen (secondary N) is 2. The van der Waals surface area contributed by atoms with Gasteiger partial charge in [0.25, 0.3) is 5.91 Å². The third kappa shape index (κ3) is 4.88. The molecule has 0 aromatic heterocycles. The van der Waals surface area contributed by atoms with E-state index in [4.69, 9.17) is 0 Å². The second-order valence-electron chi connectivity index (χ2n) is 5.77. The zero-order chi connectivity index (χ0) is 18.4. The number of nitrogens with zero attached hydrogens (tertiary/aromatic N) is 1. The number of thioether (sulfide) groups is 1. The number of hydrogen-bond donors (Lipinski definition) is 2. The maximum atomic E-state index is 12.4. The lowest BCUT2D eigenvalue weighted by atomic mass is 10.0. The maximum absolute atomic E-state index is 12.4. The quantitative estimate of drug-likeness (QED) is 0.462. The topological polar surface area (TPSA) is 64.9 Å². The molecule has 2 N–H and O–H groups in total. The predicted octanol–water partition coefficient (Wildman–Crippen LogP) is 4.79. The smallest absolute Gasteiger partial charge is 0.267 e. The number of hydrogen-bond acceptors (Lipinski definition) is 4. The third-order valence-electron chi connectivity index (χ3n) is 3.73. The summed E-state index contributed by atoms with van der Waals surface area (Å²) in [6.45, 7) is 5.90. The number of anilines is 2. The van der Waals surface area contributed by atoms with Crippen molar-refractivity contribution in [3.05, 3.63) is 64.9 Å². The minimum absolute atomic E-state index is 0.0222. The van der Waals surface area contributed by atoms with Crippen LogP contribution in [0.25, 0.3) is 0 Å². The Morgan fingerprint density at radius 1 is 1.16 bits per heavy atom. The van der Waals surface area contributed by atoms with E-state index in [0.29, 0.717) is 0 Å². The Balaban J connectivity index is 2.17. The van der Waals surface area contributed by atoms with Crippen LogP contribution in [0.1, 0.15) is 16.7 Å². The second kappa shape index (κ2) is 8.41. The molecule has 0 heterocycles. The van der Waals surface area contributed by atoms with Gasteiger partial charge < -0.3 is 10.6 Å². The lowest BCUT2D eigenvalue weighted by Gasteiger charge is -2.12. The molecule has 0 aliphatic carbocycles. The van der Waals surface area contributed by atoms with Gasteiger partial charge >= 0.3 is 0 Å². The molecule has 2 aromatic carbocycles. The second-order valence-corrected chi connectivity index (χ2v) is 6.65. The van der Waals surface area contributed by atoms with Crippen molar-refractivity contribution < 1.29 is 4.79 Å². The molecular weight excluding hydrogens is 330 g/mol. The van der Waals surface area contributed by atoms with E-state index >= 15 is 0 Å². The third-order valence-corrected chi connectivity index (χ3v) is 4.46. The summed E-state index contributed by atoms with van der Waals surface area (Å²) in [4.78, 5) is 13.5. The molecule has 4 nitrogen and oxygen atoms in total. The summed E-state index contributed by atoms with van der Waals surface area (Å²) in [5, 5.41) is 15.2. The lowest BCUT2D eigenvalue weighted by molar-refractivity contribution is -0.112. The van der Waals surface area contributed by atoms with E-state index in [2.05, 4.69) is 10.6 Å². The minimum Gasteiger partial charge on any atom is -0.360 e. The zero-order valence-electron chi connectivity index (χ0n) is 14.8. The summed E-state index contributed by atoms with van der Waals surface area (Å²) in [6, 6.07) is 13.7. The van der Waals surface area contributed by atoms with Crippen molar-refractivity contribution in [1.29, 1.82) is 5.26 Å². The Morgan fingerprint density at radius 2 is 1.84 bits per heavy atom. The van der Waals surface area contributed by atoms with Gasteiger partial charge in [-0.05, 0) is 56.4 Å². The highest BCUT2D eigenvalue weighted by atomic mass is 32.2. The van der Waals surface area contributed by atoms with E-state index in [-0.39, 0.29) is 5.57 Å². The molecular formula is C20H21N3OS. The molecule has 0 saturated heterocycles. The van der Waals surface area contributed by atoms with Crippen LogP contribution >= 0.6 is 11.8 Å². The van der Waals surface area contributed by atoms with Crippen molar-refractivity contribution in [1.82, 2.24) is 0 Å². The van der Waals surface area contributed by atoms with Crippen LogP contribution in [0.5, 0.6) is 0 Å². The molecule has 2 rings (SSSR count). The molecule has 0 saturated carbocycles. The first-order valence-corrected chi connectivity index (χ1v) is 9.07. The first kappa shape index (κ1) is 18.6. The average Bonchev–Trinajstić information content (AvgIpc) is 2.58. The van der Waals surface area contributed by atoms with Gasteiger partial charge in [0.1, 0.15) is 11.6 Å². The van der Waals surface area contributed by atoms with Gasteiger partial charge in [0.15, 0.2) is 0 Å². The number of carbonyl (C=O) groups is 1. The van der Waals surface area contributed by atoms with Gasteiger partial charge in [-0.3, -0.25) is 4.79 Å². The molecule has 0 radical (unpaired) electrons. The van der Waals surface area contributed by atoms with Gasteiger partial charge in [-0.1, -0.05) is 23.8 Å². The first-order valence-electron chi connectivity index (χ1n) is 7.84. The van der Waals surface area contributed by atoms with Crippen LogP contribution in [0, 0.1) is 32.1 Å². The standard InChI is InChI=1S/C20H21N3OS/c1-13-8-14(2)19(15(3)9-13)23-20(24)16(11-21)12-22-17-6-5-7-18(10-17)25-4/h5-10,12,22H,1-4H3,(H,23,24)/b16-12-. The summed E-state index contributed by atoms with van der Waals surface area (Å²) in [5.74, 6) is -0.425. The molecule has 0 spiro atoms. The van der Waals surface area contributed by atoms with Crippen LogP contribution in [0.2, 0.25) is 0 Å². The van der Waals surface area contributed by atoms with E-state index in [9.17, 15) is 10.1 Å². The number of benzene rings is 2. The minimum atomic E-state index is -0.425. The van der Waals surface area contributed by atoms with Crippen molar-refractivity contribution in [2.24, 2.45) is 0 Å². The SMILES string of the molecule is CSc1cccc(N/C=C(/C#N)C(=O)Nc2c(C)cc(C)cc2C)c1. The van der Waals surface area contributed by atoms with Gasteiger partial charge in [0.05, 0.1) is 0 Å². The molecule has 128 valence electrons. The van der Waals surface area contributed by atoms with Gasteiger partial charge in [0, 0.05) is 22.5 Å². The fourth-order valence-corrected chi connectivity index (χ4v) is 3.03. The molecule has 1 amide bonds. The lowest BCUT2D eigenvalue weighted by Crippen LogP contribution is -2.16. The number of carbonyl (C=O) groups excluding carboxylic acids is 1. The highest BCUT2D eigenvalue weighted by Crippen LogP contribution is 2.23. The Kier molecular flexibility index (Phi) is 6.26.